The zero-order chi connectivity index (χ0) is 18.1. The summed E-state index contributed by atoms with van der Waals surface area (Å²) < 4.78 is 8.04. The highest BCUT2D eigenvalue weighted by molar-refractivity contribution is 7.99. The molecule has 1 fully saturated rings. The SMILES string of the molecule is CC1(C)Cc2c(sc3c2C2NCNN2c2nnc(SCC(N)=O)n2-3)CO1. The van der Waals surface area contributed by atoms with Gasteiger partial charge in [-0.05, 0) is 19.4 Å². The van der Waals surface area contributed by atoms with Crippen molar-refractivity contribution in [3.05, 3.63) is 16.0 Å². The fourth-order valence-electron chi connectivity index (χ4n) is 3.66. The highest BCUT2D eigenvalue weighted by Gasteiger charge is 2.43. The van der Waals surface area contributed by atoms with Gasteiger partial charge in [-0.15, -0.1) is 21.5 Å². The summed E-state index contributed by atoms with van der Waals surface area (Å²) in [7, 11) is 0. The van der Waals surface area contributed by atoms with E-state index in [1.54, 1.807) is 11.3 Å². The minimum atomic E-state index is -0.372. The van der Waals surface area contributed by atoms with Gasteiger partial charge in [0.05, 0.1) is 24.6 Å². The molecule has 0 aliphatic carbocycles. The Morgan fingerprint density at radius 3 is 3.15 bits per heavy atom. The van der Waals surface area contributed by atoms with Crippen LogP contribution in [0.15, 0.2) is 5.16 Å². The van der Waals surface area contributed by atoms with Crippen LogP contribution in [0, 0.1) is 0 Å². The van der Waals surface area contributed by atoms with Crippen molar-refractivity contribution < 1.29 is 9.53 Å². The van der Waals surface area contributed by atoms with Crippen LogP contribution in [0.25, 0.3) is 5.00 Å². The Bertz CT molecular complexity index is 906. The van der Waals surface area contributed by atoms with Gasteiger partial charge in [-0.2, -0.15) is 0 Å². The van der Waals surface area contributed by atoms with E-state index < -0.39 is 0 Å². The molecule has 0 radical (unpaired) electrons. The maximum absolute atomic E-state index is 11.2. The van der Waals surface area contributed by atoms with Crippen molar-refractivity contribution in [3.63, 3.8) is 0 Å². The van der Waals surface area contributed by atoms with Crippen molar-refractivity contribution in [3.8, 4) is 5.00 Å². The number of ether oxygens (including phenoxy) is 1. The molecule has 2 aromatic heterocycles. The van der Waals surface area contributed by atoms with E-state index in [0.717, 1.165) is 17.4 Å². The molecule has 26 heavy (non-hydrogen) atoms. The molecule has 5 heterocycles. The van der Waals surface area contributed by atoms with Gasteiger partial charge in [0.15, 0.2) is 5.16 Å². The monoisotopic (exact) mass is 393 g/mol. The van der Waals surface area contributed by atoms with Crippen LogP contribution in [0.3, 0.4) is 0 Å². The van der Waals surface area contributed by atoms with Crippen molar-refractivity contribution in [2.45, 2.75) is 43.8 Å². The molecule has 0 aromatic carbocycles. The zero-order valence-corrected chi connectivity index (χ0v) is 16.0. The van der Waals surface area contributed by atoms with Crippen LogP contribution < -0.4 is 21.5 Å². The molecule has 1 atom stereocenters. The first-order valence-corrected chi connectivity index (χ1v) is 10.2. The van der Waals surface area contributed by atoms with Crippen LogP contribution in [0.5, 0.6) is 0 Å². The molecular formula is C15H19N7O2S2. The second kappa shape index (κ2) is 5.67. The Labute approximate surface area is 158 Å². The highest BCUT2D eigenvalue weighted by Crippen LogP contribution is 2.48. The molecule has 138 valence electrons. The summed E-state index contributed by atoms with van der Waals surface area (Å²) in [5.41, 5.74) is 11.0. The molecule has 4 N–H and O–H groups in total. The van der Waals surface area contributed by atoms with Gasteiger partial charge in [0.25, 0.3) is 0 Å². The average Bonchev–Trinajstić information content (AvgIpc) is 3.27. The number of nitrogens with zero attached hydrogens (tertiary/aromatic N) is 4. The number of carbonyl (C=O) groups is 1. The van der Waals surface area contributed by atoms with Gasteiger partial charge in [0.1, 0.15) is 11.2 Å². The number of nitrogens with one attached hydrogen (secondary N) is 2. The Balaban J connectivity index is 1.67. The van der Waals surface area contributed by atoms with Crippen molar-refractivity contribution >= 4 is 35.0 Å². The van der Waals surface area contributed by atoms with Gasteiger partial charge in [0, 0.05) is 16.9 Å². The third-order valence-electron chi connectivity index (χ3n) is 4.76. The fraction of sp³-hybridized carbons (Fsp3) is 0.533. The number of primary amides is 1. The second-order valence-corrected chi connectivity index (χ2v) is 9.16. The van der Waals surface area contributed by atoms with Crippen LogP contribution in [-0.4, -0.2) is 38.7 Å². The van der Waals surface area contributed by atoms with Crippen molar-refractivity contribution in [2.75, 3.05) is 17.4 Å². The van der Waals surface area contributed by atoms with Gasteiger partial charge in [-0.3, -0.25) is 15.1 Å². The summed E-state index contributed by atoms with van der Waals surface area (Å²) in [6.45, 7) is 5.52. The molecule has 3 aliphatic heterocycles. The summed E-state index contributed by atoms with van der Waals surface area (Å²) in [5.74, 6) is 0.519. The molecule has 1 amide bonds. The second-order valence-electron chi connectivity index (χ2n) is 7.13. The minimum Gasteiger partial charge on any atom is -0.370 e. The number of rotatable bonds is 3. The van der Waals surface area contributed by atoms with Crippen LogP contribution in [0.1, 0.15) is 36.0 Å². The van der Waals surface area contributed by atoms with Gasteiger partial charge in [-0.25, -0.2) is 9.99 Å². The Morgan fingerprint density at radius 2 is 2.35 bits per heavy atom. The Morgan fingerprint density at radius 1 is 1.50 bits per heavy atom. The number of amides is 1. The summed E-state index contributed by atoms with van der Waals surface area (Å²) in [6, 6.07) is 0. The number of thioether (sulfide) groups is 1. The quantitative estimate of drug-likeness (QED) is 0.652. The number of carbonyl (C=O) groups excluding carboxylic acids is 1. The van der Waals surface area contributed by atoms with Crippen LogP contribution in [-0.2, 0) is 22.6 Å². The standard InChI is InChI=1S/C15H19N7O2S2/c1-15(2)3-7-8(4-24-15)26-12-10(7)11-17-6-18-22(11)13-19-20-14(21(12)13)25-5-9(16)23/h11,17-18H,3-6H2,1-2H3,(H2,16,23). The van der Waals surface area contributed by atoms with Gasteiger partial charge in [-0.1, -0.05) is 11.8 Å². The number of anilines is 1. The number of nitrogens with two attached hydrogens (primary N) is 1. The van der Waals surface area contributed by atoms with E-state index in [1.165, 1.54) is 27.8 Å². The first-order chi connectivity index (χ1) is 12.4. The normalized spacial score (nSPS) is 22.5. The van der Waals surface area contributed by atoms with Crippen LogP contribution >= 0.6 is 23.1 Å². The van der Waals surface area contributed by atoms with Gasteiger partial charge < -0.3 is 10.5 Å². The molecule has 0 spiro atoms. The van der Waals surface area contributed by atoms with Crippen molar-refractivity contribution in [1.29, 1.82) is 0 Å². The third-order valence-corrected chi connectivity index (χ3v) is 6.92. The van der Waals surface area contributed by atoms with E-state index >= 15 is 0 Å². The molecule has 1 unspecified atom stereocenters. The number of hydrazine groups is 1. The maximum Gasteiger partial charge on any atom is 0.249 e. The lowest BCUT2D eigenvalue weighted by Gasteiger charge is -2.34. The van der Waals surface area contributed by atoms with Gasteiger partial charge >= 0.3 is 0 Å². The lowest BCUT2D eigenvalue weighted by Crippen LogP contribution is -2.40. The summed E-state index contributed by atoms with van der Waals surface area (Å²) in [4.78, 5) is 12.5. The van der Waals surface area contributed by atoms with Crippen molar-refractivity contribution in [1.82, 2.24) is 25.5 Å². The molecule has 9 nitrogen and oxygen atoms in total. The highest BCUT2D eigenvalue weighted by atomic mass is 32.2. The maximum atomic E-state index is 11.2. The van der Waals surface area contributed by atoms with Crippen LogP contribution in [0.4, 0.5) is 5.95 Å². The van der Waals surface area contributed by atoms with E-state index in [2.05, 4.69) is 34.8 Å². The number of thiophene rings is 1. The molecule has 2 aromatic rings. The summed E-state index contributed by atoms with van der Waals surface area (Å²) in [5, 5.41) is 15.9. The molecule has 3 aliphatic rings. The summed E-state index contributed by atoms with van der Waals surface area (Å²) in [6.07, 6.45) is 0.881. The van der Waals surface area contributed by atoms with E-state index in [1.807, 2.05) is 9.58 Å². The topological polar surface area (TPSA) is 110 Å². The average molecular weight is 393 g/mol. The Kier molecular flexibility index (Phi) is 3.60. The molecule has 1 saturated heterocycles. The number of aromatic nitrogens is 3. The molecule has 0 saturated carbocycles. The lowest BCUT2D eigenvalue weighted by molar-refractivity contribution is -0.115. The fourth-order valence-corrected chi connectivity index (χ4v) is 5.65. The number of fused-ring (bicyclic) bond motifs is 8. The zero-order valence-electron chi connectivity index (χ0n) is 14.4. The van der Waals surface area contributed by atoms with E-state index in [0.29, 0.717) is 18.4 Å². The molecule has 0 bridgehead atoms. The van der Waals surface area contributed by atoms with E-state index in [-0.39, 0.29) is 23.4 Å². The molecule has 5 rings (SSSR count). The smallest absolute Gasteiger partial charge is 0.249 e. The first-order valence-electron chi connectivity index (χ1n) is 8.36. The predicted octanol–water partition coefficient (Wildman–Crippen LogP) is 0.641. The van der Waals surface area contributed by atoms with Crippen LogP contribution in [0.2, 0.25) is 0 Å². The molecular weight excluding hydrogens is 374 g/mol. The van der Waals surface area contributed by atoms with E-state index in [9.17, 15) is 4.79 Å². The minimum absolute atomic E-state index is 0.0181. The first kappa shape index (κ1) is 16.5. The molecule has 11 heteroatoms. The number of hydrogen-bond acceptors (Lipinski definition) is 9. The summed E-state index contributed by atoms with van der Waals surface area (Å²) >= 11 is 3.03. The van der Waals surface area contributed by atoms with Gasteiger partial charge in [0.2, 0.25) is 11.9 Å². The largest absolute Gasteiger partial charge is 0.370 e. The van der Waals surface area contributed by atoms with Crippen molar-refractivity contribution in [2.24, 2.45) is 5.73 Å². The lowest BCUT2D eigenvalue weighted by atomic mass is 9.92. The third kappa shape index (κ3) is 2.38. The predicted molar refractivity (Wildman–Crippen MR) is 98.1 cm³/mol. The Hall–Kier alpha value is -1.66. The number of hydrogen-bond donors (Lipinski definition) is 3. The van der Waals surface area contributed by atoms with E-state index in [4.69, 9.17) is 10.5 Å².